The lowest BCUT2D eigenvalue weighted by atomic mass is 10.4. The van der Waals surface area contributed by atoms with E-state index >= 15 is 0 Å². The number of hydrazine groups is 1. The number of hydrogen-bond donors (Lipinski definition) is 3. The zero-order chi connectivity index (χ0) is 12.5. The summed E-state index contributed by atoms with van der Waals surface area (Å²) in [6.45, 7) is 2.13. The molecule has 0 spiro atoms. The summed E-state index contributed by atoms with van der Waals surface area (Å²) in [5.41, 5.74) is 2.55. The van der Waals surface area contributed by atoms with Crippen molar-refractivity contribution < 1.29 is 4.74 Å². The lowest BCUT2D eigenvalue weighted by Crippen LogP contribution is -2.42. The molecule has 4 N–H and O–H groups in total. The highest BCUT2D eigenvalue weighted by Crippen LogP contribution is 2.20. The van der Waals surface area contributed by atoms with Gasteiger partial charge >= 0.3 is 0 Å². The molecule has 5 nitrogen and oxygen atoms in total. The van der Waals surface area contributed by atoms with E-state index in [4.69, 9.17) is 10.6 Å². The van der Waals surface area contributed by atoms with Crippen molar-refractivity contribution in [2.75, 3.05) is 20.3 Å². The molecule has 0 aliphatic heterocycles. The minimum absolute atomic E-state index is 0.602. The van der Waals surface area contributed by atoms with Gasteiger partial charge in [-0.3, -0.25) is 5.43 Å². The van der Waals surface area contributed by atoms with E-state index in [0.29, 0.717) is 12.5 Å². The van der Waals surface area contributed by atoms with Gasteiger partial charge in [-0.25, -0.2) is 10.8 Å². The first-order valence-corrected chi connectivity index (χ1v) is 6.90. The van der Waals surface area contributed by atoms with E-state index in [1.807, 2.05) is 11.4 Å². The number of aliphatic imine (C=N–C) groups is 1. The third-order valence-corrected chi connectivity index (χ3v) is 3.65. The molecule has 96 valence electrons. The number of thiophene rings is 1. The molecule has 0 aliphatic carbocycles. The van der Waals surface area contributed by atoms with Crippen LogP contribution >= 0.6 is 27.3 Å². The predicted molar refractivity (Wildman–Crippen MR) is 75.0 cm³/mol. The van der Waals surface area contributed by atoms with Crippen molar-refractivity contribution in [3.8, 4) is 0 Å². The van der Waals surface area contributed by atoms with Crippen LogP contribution in [0.2, 0.25) is 0 Å². The number of ether oxygens (including phenoxy) is 1. The van der Waals surface area contributed by atoms with Gasteiger partial charge in [0.25, 0.3) is 0 Å². The molecular formula is C10H17BrN4OS. The summed E-state index contributed by atoms with van der Waals surface area (Å²) in [4.78, 5) is 5.53. The SMILES string of the molecule is COCCCNC(=NCc1cc(Br)cs1)NN. The van der Waals surface area contributed by atoms with Crippen LogP contribution in [-0.4, -0.2) is 26.2 Å². The standard InChI is InChI=1S/C10H17BrN4OS/c1-16-4-2-3-13-10(15-12)14-6-9-5-8(11)7-17-9/h5,7H,2-4,6,12H2,1H3,(H2,13,14,15). The Morgan fingerprint density at radius 2 is 2.47 bits per heavy atom. The van der Waals surface area contributed by atoms with Crippen LogP contribution in [0.3, 0.4) is 0 Å². The molecular weight excluding hydrogens is 304 g/mol. The van der Waals surface area contributed by atoms with E-state index < -0.39 is 0 Å². The summed E-state index contributed by atoms with van der Waals surface area (Å²) >= 11 is 5.07. The molecule has 0 aliphatic rings. The second-order valence-corrected chi connectivity index (χ2v) is 5.22. The molecule has 1 heterocycles. The summed E-state index contributed by atoms with van der Waals surface area (Å²) in [5, 5.41) is 5.14. The average Bonchev–Trinajstić information content (AvgIpc) is 2.74. The molecule has 0 amide bonds. The van der Waals surface area contributed by atoms with Crippen LogP contribution in [-0.2, 0) is 11.3 Å². The highest BCUT2D eigenvalue weighted by atomic mass is 79.9. The molecule has 0 fully saturated rings. The van der Waals surface area contributed by atoms with Gasteiger partial charge in [-0.15, -0.1) is 11.3 Å². The van der Waals surface area contributed by atoms with Crippen LogP contribution in [0.15, 0.2) is 20.9 Å². The van der Waals surface area contributed by atoms with Gasteiger partial charge in [0.15, 0.2) is 0 Å². The fourth-order valence-corrected chi connectivity index (χ4v) is 2.54. The van der Waals surface area contributed by atoms with Crippen molar-refractivity contribution in [3.05, 3.63) is 20.8 Å². The fraction of sp³-hybridized carbons (Fsp3) is 0.500. The Morgan fingerprint density at radius 3 is 3.06 bits per heavy atom. The molecule has 0 aromatic carbocycles. The van der Waals surface area contributed by atoms with Crippen molar-refractivity contribution in [2.45, 2.75) is 13.0 Å². The molecule has 7 heteroatoms. The number of hydrogen-bond acceptors (Lipinski definition) is 4. The maximum Gasteiger partial charge on any atom is 0.206 e. The summed E-state index contributed by atoms with van der Waals surface area (Å²) in [7, 11) is 1.69. The van der Waals surface area contributed by atoms with E-state index in [1.165, 1.54) is 4.88 Å². The summed E-state index contributed by atoms with van der Waals surface area (Å²) in [6, 6.07) is 2.05. The third kappa shape index (κ3) is 6.02. The lowest BCUT2D eigenvalue weighted by Gasteiger charge is -2.08. The number of nitrogens with one attached hydrogen (secondary N) is 2. The Morgan fingerprint density at radius 1 is 1.65 bits per heavy atom. The second-order valence-electron chi connectivity index (χ2n) is 3.31. The molecule has 0 bridgehead atoms. The van der Waals surface area contributed by atoms with Crippen molar-refractivity contribution in [1.29, 1.82) is 0 Å². The summed E-state index contributed by atoms with van der Waals surface area (Å²) < 4.78 is 6.04. The second kappa shape index (κ2) is 8.46. The van der Waals surface area contributed by atoms with Gasteiger partial charge in [-0.2, -0.15) is 0 Å². The molecule has 1 rings (SSSR count). The van der Waals surface area contributed by atoms with Crippen LogP contribution in [0.5, 0.6) is 0 Å². The van der Waals surface area contributed by atoms with Crippen molar-refractivity contribution in [1.82, 2.24) is 10.7 Å². The Kier molecular flexibility index (Phi) is 7.18. The molecule has 0 saturated heterocycles. The van der Waals surface area contributed by atoms with Gasteiger partial charge in [-0.05, 0) is 28.4 Å². The van der Waals surface area contributed by atoms with Crippen LogP contribution < -0.4 is 16.6 Å². The zero-order valence-corrected chi connectivity index (χ0v) is 12.1. The minimum atomic E-state index is 0.602. The molecule has 1 aromatic rings. The van der Waals surface area contributed by atoms with Gasteiger partial charge in [0.1, 0.15) is 0 Å². The first-order chi connectivity index (χ1) is 8.26. The van der Waals surface area contributed by atoms with Gasteiger partial charge in [0, 0.05) is 35.0 Å². The number of guanidine groups is 1. The lowest BCUT2D eigenvalue weighted by molar-refractivity contribution is 0.195. The van der Waals surface area contributed by atoms with Gasteiger partial charge in [0.2, 0.25) is 5.96 Å². The van der Waals surface area contributed by atoms with Gasteiger partial charge in [0.05, 0.1) is 6.54 Å². The number of nitrogens with two attached hydrogens (primary N) is 1. The molecule has 0 atom stereocenters. The van der Waals surface area contributed by atoms with Crippen LogP contribution in [0.1, 0.15) is 11.3 Å². The number of methoxy groups -OCH3 is 1. The van der Waals surface area contributed by atoms with Crippen LogP contribution in [0.25, 0.3) is 0 Å². The van der Waals surface area contributed by atoms with Gasteiger partial charge in [-0.1, -0.05) is 0 Å². The average molecular weight is 321 g/mol. The zero-order valence-electron chi connectivity index (χ0n) is 9.70. The minimum Gasteiger partial charge on any atom is -0.385 e. The predicted octanol–water partition coefficient (Wildman–Crippen LogP) is 1.46. The Bertz CT molecular complexity index is 356. The quantitative estimate of drug-likeness (QED) is 0.244. The molecule has 0 unspecified atom stereocenters. The largest absolute Gasteiger partial charge is 0.385 e. The Hall–Kier alpha value is -0.630. The van der Waals surface area contributed by atoms with Crippen molar-refractivity contribution >= 4 is 33.2 Å². The third-order valence-electron chi connectivity index (χ3n) is 1.97. The molecule has 1 aromatic heterocycles. The van der Waals surface area contributed by atoms with Gasteiger partial charge < -0.3 is 10.1 Å². The van der Waals surface area contributed by atoms with E-state index in [9.17, 15) is 0 Å². The fourth-order valence-electron chi connectivity index (χ4n) is 1.17. The van der Waals surface area contributed by atoms with Crippen molar-refractivity contribution in [2.24, 2.45) is 10.8 Å². The van der Waals surface area contributed by atoms with Crippen molar-refractivity contribution in [3.63, 3.8) is 0 Å². The van der Waals surface area contributed by atoms with Crippen LogP contribution in [0, 0.1) is 0 Å². The molecule has 0 radical (unpaired) electrons. The van der Waals surface area contributed by atoms with E-state index in [-0.39, 0.29) is 0 Å². The number of halogens is 1. The summed E-state index contributed by atoms with van der Waals surface area (Å²) in [5.74, 6) is 5.98. The first kappa shape index (κ1) is 14.4. The monoisotopic (exact) mass is 320 g/mol. The van der Waals surface area contributed by atoms with E-state index in [0.717, 1.165) is 24.0 Å². The van der Waals surface area contributed by atoms with E-state index in [1.54, 1.807) is 18.4 Å². The van der Waals surface area contributed by atoms with Crippen LogP contribution in [0.4, 0.5) is 0 Å². The highest BCUT2D eigenvalue weighted by molar-refractivity contribution is 9.10. The maximum atomic E-state index is 5.38. The summed E-state index contributed by atoms with van der Waals surface area (Å²) in [6.07, 6.45) is 0.918. The normalized spacial score (nSPS) is 11.6. The molecule has 17 heavy (non-hydrogen) atoms. The highest BCUT2D eigenvalue weighted by Gasteiger charge is 1.98. The number of rotatable bonds is 6. The smallest absolute Gasteiger partial charge is 0.206 e. The topological polar surface area (TPSA) is 71.7 Å². The Labute approximate surface area is 114 Å². The Balaban J connectivity index is 2.33. The maximum absolute atomic E-state index is 5.38. The first-order valence-electron chi connectivity index (χ1n) is 5.23. The molecule has 0 saturated carbocycles. The van der Waals surface area contributed by atoms with E-state index in [2.05, 4.69) is 31.7 Å². The number of nitrogens with zero attached hydrogens (tertiary/aromatic N) is 1.